The standard InChI is InChI=1S/C28H27N5O3S/c1-20-3-9-24(10-4-20)29-28-32(27(19-37-28)23-7-13-26(14-8-23)33(34)35)30-21(2)22-5-11-25(12-6-22)31-15-17-36-18-16-31/h3-14,19H,15-18H2,1-2H3. The Morgan fingerprint density at radius 1 is 0.973 bits per heavy atom. The average molecular weight is 514 g/mol. The van der Waals surface area contributed by atoms with Gasteiger partial charge in [-0.2, -0.15) is 5.10 Å². The zero-order chi connectivity index (χ0) is 25.8. The fraction of sp³-hybridized carbons (Fsp3) is 0.214. The Balaban J connectivity index is 1.54. The molecule has 37 heavy (non-hydrogen) atoms. The van der Waals surface area contributed by atoms with Crippen LogP contribution in [0.15, 0.2) is 88.3 Å². The highest BCUT2D eigenvalue weighted by molar-refractivity contribution is 7.07. The molecule has 0 radical (unpaired) electrons. The number of hydrogen-bond acceptors (Lipinski definition) is 7. The molecule has 188 valence electrons. The van der Waals surface area contributed by atoms with Gasteiger partial charge >= 0.3 is 0 Å². The van der Waals surface area contributed by atoms with Gasteiger partial charge in [-0.25, -0.2) is 9.67 Å². The normalized spacial score (nSPS) is 14.7. The fourth-order valence-corrected chi connectivity index (χ4v) is 4.95. The van der Waals surface area contributed by atoms with Crippen molar-refractivity contribution >= 4 is 34.1 Å². The lowest BCUT2D eigenvalue weighted by Gasteiger charge is -2.28. The first-order valence-electron chi connectivity index (χ1n) is 12.0. The third kappa shape index (κ3) is 5.68. The third-order valence-corrected chi connectivity index (χ3v) is 7.05. The molecule has 2 heterocycles. The number of benzene rings is 3. The van der Waals surface area contributed by atoms with Crippen LogP contribution in [0, 0.1) is 17.0 Å². The van der Waals surface area contributed by atoms with Gasteiger partial charge in [0.1, 0.15) is 0 Å². The first-order chi connectivity index (χ1) is 18.0. The van der Waals surface area contributed by atoms with E-state index in [1.165, 1.54) is 34.7 Å². The monoisotopic (exact) mass is 513 g/mol. The predicted molar refractivity (Wildman–Crippen MR) is 148 cm³/mol. The second kappa shape index (κ2) is 10.9. The van der Waals surface area contributed by atoms with E-state index in [1.54, 1.807) is 12.1 Å². The topological polar surface area (TPSA) is 85.3 Å². The summed E-state index contributed by atoms with van der Waals surface area (Å²) in [5, 5.41) is 18.1. The van der Waals surface area contributed by atoms with Crippen LogP contribution in [0.4, 0.5) is 17.1 Å². The molecule has 4 aromatic rings. The summed E-state index contributed by atoms with van der Waals surface area (Å²) in [5.74, 6) is 0. The third-order valence-electron chi connectivity index (χ3n) is 6.23. The molecule has 1 saturated heterocycles. The van der Waals surface area contributed by atoms with Crippen LogP contribution in [0.2, 0.25) is 0 Å². The second-order valence-electron chi connectivity index (χ2n) is 8.80. The molecule has 3 aromatic carbocycles. The molecule has 0 bridgehead atoms. The molecule has 0 aliphatic carbocycles. The van der Waals surface area contributed by atoms with E-state index in [0.29, 0.717) is 4.80 Å². The molecule has 0 saturated carbocycles. The molecule has 5 rings (SSSR count). The van der Waals surface area contributed by atoms with Crippen LogP contribution in [0.25, 0.3) is 11.3 Å². The van der Waals surface area contributed by atoms with Crippen molar-refractivity contribution in [2.75, 3.05) is 31.2 Å². The molecular formula is C28H27N5O3S. The summed E-state index contributed by atoms with van der Waals surface area (Å²) in [6.45, 7) is 7.29. The van der Waals surface area contributed by atoms with Crippen molar-refractivity contribution in [3.63, 3.8) is 0 Å². The maximum absolute atomic E-state index is 11.1. The molecule has 0 atom stereocenters. The van der Waals surface area contributed by atoms with Gasteiger partial charge in [-0.1, -0.05) is 29.8 Å². The fourth-order valence-electron chi connectivity index (χ4n) is 4.10. The summed E-state index contributed by atoms with van der Waals surface area (Å²) in [7, 11) is 0. The highest BCUT2D eigenvalue weighted by Gasteiger charge is 2.13. The number of non-ortho nitro benzene ring substituents is 1. The number of aromatic nitrogens is 1. The van der Waals surface area contributed by atoms with E-state index < -0.39 is 4.92 Å². The van der Waals surface area contributed by atoms with Gasteiger partial charge in [0.15, 0.2) is 0 Å². The van der Waals surface area contributed by atoms with Gasteiger partial charge in [0.2, 0.25) is 4.80 Å². The van der Waals surface area contributed by atoms with Crippen LogP contribution in [0.1, 0.15) is 18.1 Å². The lowest BCUT2D eigenvalue weighted by Crippen LogP contribution is -2.36. The molecule has 1 aliphatic rings. The van der Waals surface area contributed by atoms with E-state index in [1.807, 2.05) is 48.2 Å². The Morgan fingerprint density at radius 2 is 1.65 bits per heavy atom. The molecule has 9 heteroatoms. The molecule has 0 amide bonds. The molecular weight excluding hydrogens is 486 g/mol. The molecule has 0 unspecified atom stereocenters. The number of thiazole rings is 1. The van der Waals surface area contributed by atoms with Gasteiger partial charge in [0, 0.05) is 41.9 Å². The second-order valence-corrected chi connectivity index (χ2v) is 9.63. The van der Waals surface area contributed by atoms with Crippen molar-refractivity contribution < 1.29 is 9.66 Å². The first-order valence-corrected chi connectivity index (χ1v) is 12.9. The Hall–Kier alpha value is -4.08. The number of hydrogen-bond donors (Lipinski definition) is 0. The Bertz CT molecular complexity index is 1480. The van der Waals surface area contributed by atoms with Gasteiger partial charge in [-0.15, -0.1) is 11.3 Å². The van der Waals surface area contributed by atoms with E-state index in [2.05, 4.69) is 29.2 Å². The lowest BCUT2D eigenvalue weighted by molar-refractivity contribution is -0.384. The zero-order valence-corrected chi connectivity index (χ0v) is 21.5. The van der Waals surface area contributed by atoms with E-state index >= 15 is 0 Å². The number of anilines is 1. The van der Waals surface area contributed by atoms with Crippen molar-refractivity contribution in [1.82, 2.24) is 4.68 Å². The largest absolute Gasteiger partial charge is 0.378 e. The van der Waals surface area contributed by atoms with Crippen LogP contribution < -0.4 is 9.70 Å². The van der Waals surface area contributed by atoms with Gasteiger partial charge in [-0.05, 0) is 55.8 Å². The van der Waals surface area contributed by atoms with Gasteiger partial charge in [-0.3, -0.25) is 10.1 Å². The smallest absolute Gasteiger partial charge is 0.269 e. The average Bonchev–Trinajstić information content (AvgIpc) is 3.32. The van der Waals surface area contributed by atoms with E-state index in [-0.39, 0.29) is 5.69 Å². The van der Waals surface area contributed by atoms with Crippen LogP contribution in [0.5, 0.6) is 0 Å². The summed E-state index contributed by atoms with van der Waals surface area (Å²) in [6, 6.07) is 22.9. The Labute approximate surface area is 219 Å². The van der Waals surface area contributed by atoms with Crippen LogP contribution >= 0.6 is 11.3 Å². The number of nitrogens with zero attached hydrogens (tertiary/aromatic N) is 5. The Kier molecular flexibility index (Phi) is 7.25. The molecule has 0 N–H and O–H groups in total. The summed E-state index contributed by atoms with van der Waals surface area (Å²) in [6.07, 6.45) is 0. The summed E-state index contributed by atoms with van der Waals surface area (Å²) < 4.78 is 7.28. The summed E-state index contributed by atoms with van der Waals surface area (Å²) >= 11 is 1.48. The minimum absolute atomic E-state index is 0.0511. The maximum atomic E-state index is 11.1. The zero-order valence-electron chi connectivity index (χ0n) is 20.7. The van der Waals surface area contributed by atoms with Crippen molar-refractivity contribution in [3.8, 4) is 11.3 Å². The van der Waals surface area contributed by atoms with Crippen LogP contribution in [-0.2, 0) is 4.74 Å². The highest BCUT2D eigenvalue weighted by atomic mass is 32.1. The Morgan fingerprint density at radius 3 is 2.30 bits per heavy atom. The van der Waals surface area contributed by atoms with Crippen molar-refractivity contribution in [3.05, 3.63) is 104 Å². The lowest BCUT2D eigenvalue weighted by atomic mass is 10.1. The molecule has 0 spiro atoms. The number of rotatable bonds is 6. The quantitative estimate of drug-likeness (QED) is 0.186. The maximum Gasteiger partial charge on any atom is 0.269 e. The summed E-state index contributed by atoms with van der Waals surface area (Å²) in [4.78, 5) is 18.6. The van der Waals surface area contributed by atoms with Gasteiger partial charge in [0.05, 0.1) is 35.2 Å². The molecule has 1 aliphatic heterocycles. The number of ether oxygens (including phenoxy) is 1. The van der Waals surface area contributed by atoms with Crippen molar-refractivity contribution in [2.45, 2.75) is 13.8 Å². The minimum Gasteiger partial charge on any atom is -0.378 e. The number of aryl methyl sites for hydroxylation is 1. The number of nitro groups is 1. The molecule has 1 aromatic heterocycles. The summed E-state index contributed by atoms with van der Waals surface area (Å²) in [5.41, 5.74) is 6.70. The number of nitro benzene ring substituents is 1. The van der Waals surface area contributed by atoms with E-state index in [0.717, 1.165) is 54.5 Å². The molecule has 1 fully saturated rings. The van der Waals surface area contributed by atoms with Crippen molar-refractivity contribution in [2.24, 2.45) is 10.1 Å². The minimum atomic E-state index is -0.396. The van der Waals surface area contributed by atoms with E-state index in [4.69, 9.17) is 14.8 Å². The van der Waals surface area contributed by atoms with Gasteiger partial charge in [0.25, 0.3) is 5.69 Å². The van der Waals surface area contributed by atoms with E-state index in [9.17, 15) is 10.1 Å². The predicted octanol–water partition coefficient (Wildman–Crippen LogP) is 5.77. The van der Waals surface area contributed by atoms with Gasteiger partial charge < -0.3 is 9.64 Å². The SMILES string of the molecule is CC(=Nn1c(-c2ccc([N+](=O)[O-])cc2)csc1=Nc1ccc(C)cc1)c1ccc(N2CCOCC2)cc1. The first kappa shape index (κ1) is 24.6. The number of morpholine rings is 1. The van der Waals surface area contributed by atoms with Crippen molar-refractivity contribution in [1.29, 1.82) is 0 Å². The molecule has 8 nitrogen and oxygen atoms in total. The van der Waals surface area contributed by atoms with Crippen LogP contribution in [0.3, 0.4) is 0 Å². The highest BCUT2D eigenvalue weighted by Crippen LogP contribution is 2.24. The van der Waals surface area contributed by atoms with Crippen LogP contribution in [-0.4, -0.2) is 41.6 Å².